The molecule has 0 aromatic carbocycles. The van der Waals surface area contributed by atoms with Crippen molar-refractivity contribution in [2.75, 3.05) is 0 Å². The maximum absolute atomic E-state index is 10.2. The maximum atomic E-state index is 10.2. The lowest BCUT2D eigenvalue weighted by Crippen LogP contribution is -2.33. The zero-order valence-electron chi connectivity index (χ0n) is 5.90. The van der Waals surface area contributed by atoms with E-state index >= 15 is 0 Å². The second kappa shape index (κ2) is 4.40. The van der Waals surface area contributed by atoms with Gasteiger partial charge in [-0.25, -0.2) is 13.1 Å². The van der Waals surface area contributed by atoms with Crippen LogP contribution in [0, 0.1) is 5.92 Å². The third-order valence-corrected chi connectivity index (χ3v) is 1.63. The Kier molecular flexibility index (Phi) is 4.22. The summed E-state index contributed by atoms with van der Waals surface area (Å²) in [4.78, 5) is 10.2. The number of nitrogens with one attached hydrogen (secondary N) is 1. The van der Waals surface area contributed by atoms with E-state index in [1.807, 2.05) is 0 Å². The van der Waals surface area contributed by atoms with Crippen LogP contribution < -0.4 is 4.72 Å². The number of aldehydes is 1. The number of carbonyl (C=O) groups is 1. The maximum Gasteiger partial charge on any atom is 0.202 e. The molecule has 0 bridgehead atoms. The molecule has 0 rings (SSSR count). The summed E-state index contributed by atoms with van der Waals surface area (Å²) < 4.78 is 22.2. The zero-order valence-corrected chi connectivity index (χ0v) is 6.80. The molecule has 0 heterocycles. The van der Waals surface area contributed by atoms with Crippen molar-refractivity contribution in [1.82, 2.24) is 4.72 Å². The summed E-state index contributed by atoms with van der Waals surface area (Å²) in [5, 5.41) is 0. The fourth-order valence-electron chi connectivity index (χ4n) is 0.458. The molecule has 0 aromatic heterocycles. The van der Waals surface area contributed by atoms with Crippen LogP contribution >= 0.6 is 0 Å². The highest BCUT2D eigenvalue weighted by molar-refractivity contribution is 7.70. The molecule has 0 fully saturated rings. The smallest absolute Gasteiger partial charge is 0.202 e. The third-order valence-electron chi connectivity index (χ3n) is 1.12. The fourth-order valence-corrected chi connectivity index (χ4v) is 1.06. The first-order valence-electron chi connectivity index (χ1n) is 2.93. The molecule has 0 amide bonds. The van der Waals surface area contributed by atoms with E-state index in [1.165, 1.54) is 0 Å². The van der Waals surface area contributed by atoms with Gasteiger partial charge in [0, 0.05) is 0 Å². The van der Waals surface area contributed by atoms with Crippen LogP contribution in [0.25, 0.3) is 0 Å². The Bertz CT molecular complexity index is 168. The normalized spacial score (nSPS) is 14.0. The minimum Gasteiger partial charge on any atom is -0.302 e. The number of thiol groups is 1. The summed E-state index contributed by atoms with van der Waals surface area (Å²) in [7, 11) is -2.66. The van der Waals surface area contributed by atoms with Crippen LogP contribution in [-0.2, 0) is 15.7 Å². The van der Waals surface area contributed by atoms with Crippen molar-refractivity contribution in [2.24, 2.45) is 5.92 Å². The second-order valence-corrected chi connectivity index (χ2v) is 3.06. The van der Waals surface area contributed by atoms with E-state index in [4.69, 9.17) is 0 Å². The summed E-state index contributed by atoms with van der Waals surface area (Å²) in [6.45, 7) is 3.54. The van der Waals surface area contributed by atoms with Crippen LogP contribution in [0.5, 0.6) is 0 Å². The van der Waals surface area contributed by atoms with Crippen LogP contribution in [0.1, 0.15) is 13.8 Å². The Hall–Kier alpha value is -0.420. The van der Waals surface area contributed by atoms with Gasteiger partial charge >= 0.3 is 0 Å². The molecule has 5 heteroatoms. The Morgan fingerprint density at radius 3 is 2.00 bits per heavy atom. The molecule has 0 saturated heterocycles. The van der Waals surface area contributed by atoms with Crippen LogP contribution in [0.4, 0.5) is 0 Å². The summed E-state index contributed by atoms with van der Waals surface area (Å²) in [6.07, 6.45) is 0.593. The van der Waals surface area contributed by atoms with Crippen molar-refractivity contribution >= 4 is 17.2 Å². The molecule has 60 valence electrons. The minimum absolute atomic E-state index is 0.00500. The van der Waals surface area contributed by atoms with E-state index in [2.05, 4.69) is 4.72 Å². The Labute approximate surface area is 61.7 Å². The lowest BCUT2D eigenvalue weighted by atomic mass is 10.1. The molecule has 0 aliphatic heterocycles. The van der Waals surface area contributed by atoms with Crippen LogP contribution in [0.3, 0.4) is 0 Å². The van der Waals surface area contributed by atoms with Crippen molar-refractivity contribution in [2.45, 2.75) is 19.9 Å². The zero-order chi connectivity index (χ0) is 8.15. The van der Waals surface area contributed by atoms with Gasteiger partial charge in [0.1, 0.15) is 6.29 Å². The first kappa shape index (κ1) is 9.58. The van der Waals surface area contributed by atoms with E-state index in [1.54, 1.807) is 13.8 Å². The van der Waals surface area contributed by atoms with Crippen molar-refractivity contribution in [3.8, 4) is 0 Å². The van der Waals surface area contributed by atoms with Crippen LogP contribution in [0.15, 0.2) is 0 Å². The van der Waals surface area contributed by atoms with Gasteiger partial charge in [0.25, 0.3) is 0 Å². The highest BCUT2D eigenvalue weighted by Crippen LogP contribution is 1.96. The fraction of sp³-hybridized carbons (Fsp3) is 0.800. The van der Waals surface area contributed by atoms with Gasteiger partial charge in [-0.1, -0.05) is 13.8 Å². The summed E-state index contributed by atoms with van der Waals surface area (Å²) in [5.41, 5.74) is 0. The molecule has 0 radical (unpaired) electrons. The van der Waals surface area contributed by atoms with Crippen LogP contribution in [0.2, 0.25) is 0 Å². The predicted octanol–water partition coefficient (Wildman–Crippen LogP) is -0.674. The quantitative estimate of drug-likeness (QED) is 0.429. The van der Waals surface area contributed by atoms with E-state index in [9.17, 15) is 13.2 Å². The average molecular weight is 165 g/mol. The van der Waals surface area contributed by atoms with Crippen LogP contribution in [-0.4, -0.2) is 20.7 Å². The standard InChI is InChI=1S/C5H11NO3S/c1-4(2)5(3-7)6-10(8)9/h3-5,10H,1-2H3,(H,6,8,9). The van der Waals surface area contributed by atoms with Gasteiger partial charge in [-0.05, 0) is 5.92 Å². The SMILES string of the molecule is CC(C)C(C=O)N[SH](=O)=O. The Balaban J connectivity index is 3.95. The highest BCUT2D eigenvalue weighted by Gasteiger charge is 2.10. The second-order valence-electron chi connectivity index (χ2n) is 2.29. The molecular formula is C5H11NO3S. The molecule has 4 nitrogen and oxygen atoms in total. The molecular weight excluding hydrogens is 154 g/mol. The van der Waals surface area contributed by atoms with E-state index < -0.39 is 16.9 Å². The van der Waals surface area contributed by atoms with Gasteiger partial charge in [0.15, 0.2) is 0 Å². The summed E-state index contributed by atoms with van der Waals surface area (Å²) in [6, 6.07) is -0.582. The number of rotatable bonds is 4. The van der Waals surface area contributed by atoms with Gasteiger partial charge in [-0.3, -0.25) is 0 Å². The van der Waals surface area contributed by atoms with E-state index in [-0.39, 0.29) is 5.92 Å². The number of hydrogen-bond donors (Lipinski definition) is 2. The van der Waals surface area contributed by atoms with E-state index in [0.717, 1.165) is 0 Å². The van der Waals surface area contributed by atoms with Crippen molar-refractivity contribution in [3.05, 3.63) is 0 Å². The average Bonchev–Trinajstić information content (AvgIpc) is 1.81. The van der Waals surface area contributed by atoms with Crippen molar-refractivity contribution in [3.63, 3.8) is 0 Å². The van der Waals surface area contributed by atoms with Crippen molar-refractivity contribution < 1.29 is 13.2 Å². The van der Waals surface area contributed by atoms with Gasteiger partial charge < -0.3 is 4.79 Å². The summed E-state index contributed by atoms with van der Waals surface area (Å²) >= 11 is 0. The topological polar surface area (TPSA) is 63.2 Å². The molecule has 1 N–H and O–H groups in total. The lowest BCUT2D eigenvalue weighted by Gasteiger charge is -2.10. The third kappa shape index (κ3) is 3.58. The molecule has 0 aromatic rings. The molecule has 0 aliphatic carbocycles. The first-order valence-corrected chi connectivity index (χ1v) is 4.11. The Morgan fingerprint density at radius 1 is 1.40 bits per heavy atom. The number of carbonyl (C=O) groups excluding carboxylic acids is 1. The van der Waals surface area contributed by atoms with Crippen molar-refractivity contribution in [1.29, 1.82) is 0 Å². The molecule has 1 atom stereocenters. The largest absolute Gasteiger partial charge is 0.302 e. The predicted molar refractivity (Wildman–Crippen MR) is 38.1 cm³/mol. The van der Waals surface area contributed by atoms with Gasteiger partial charge in [0.2, 0.25) is 10.9 Å². The Morgan fingerprint density at radius 2 is 1.90 bits per heavy atom. The molecule has 0 spiro atoms. The monoisotopic (exact) mass is 165 g/mol. The summed E-state index contributed by atoms with van der Waals surface area (Å²) in [5.74, 6) is 0.00500. The van der Waals surface area contributed by atoms with Gasteiger partial charge in [-0.2, -0.15) is 0 Å². The van der Waals surface area contributed by atoms with Gasteiger partial charge in [0.05, 0.1) is 6.04 Å². The minimum atomic E-state index is -2.66. The molecule has 0 saturated carbocycles. The van der Waals surface area contributed by atoms with Gasteiger partial charge in [-0.15, -0.1) is 0 Å². The highest BCUT2D eigenvalue weighted by atomic mass is 32.2. The number of hydrogen-bond acceptors (Lipinski definition) is 3. The first-order chi connectivity index (χ1) is 4.57. The molecule has 0 aliphatic rings. The molecule has 10 heavy (non-hydrogen) atoms. The lowest BCUT2D eigenvalue weighted by molar-refractivity contribution is -0.109. The molecule has 1 unspecified atom stereocenters. The van der Waals surface area contributed by atoms with E-state index in [0.29, 0.717) is 6.29 Å².